The summed E-state index contributed by atoms with van der Waals surface area (Å²) < 4.78 is 0. The number of unbranched alkanes of at least 4 members (excludes halogenated alkanes) is 15. The van der Waals surface area contributed by atoms with Crippen LogP contribution >= 0.6 is 15.9 Å². The van der Waals surface area contributed by atoms with Gasteiger partial charge in [-0.15, -0.1) is 0 Å². The first-order chi connectivity index (χ1) is 12.2. The summed E-state index contributed by atoms with van der Waals surface area (Å²) in [5.74, 6) is 0.856. The van der Waals surface area contributed by atoms with Crippen LogP contribution in [0.1, 0.15) is 143 Å². The molecule has 0 fully saturated rings. The van der Waals surface area contributed by atoms with Crippen LogP contribution in [0.2, 0.25) is 0 Å². The van der Waals surface area contributed by atoms with E-state index in [9.17, 15) is 0 Å². The van der Waals surface area contributed by atoms with Gasteiger partial charge in [0, 0.05) is 4.83 Å². The number of hydrogen-bond donors (Lipinski definition) is 0. The minimum absolute atomic E-state index is 0.752. The second-order valence-electron chi connectivity index (χ2n) is 8.37. The van der Waals surface area contributed by atoms with Gasteiger partial charge in [-0.05, 0) is 18.8 Å². The van der Waals surface area contributed by atoms with E-state index in [-0.39, 0.29) is 0 Å². The fraction of sp³-hybridized carbons (Fsp3) is 1.00. The van der Waals surface area contributed by atoms with Crippen LogP contribution in [-0.2, 0) is 0 Å². The Bertz CT molecular complexity index is 238. The predicted molar refractivity (Wildman–Crippen MR) is 121 cm³/mol. The fourth-order valence-corrected chi connectivity index (χ4v) is 4.30. The summed E-state index contributed by atoms with van der Waals surface area (Å²) in [5.41, 5.74) is 0. The molecule has 0 amide bonds. The van der Waals surface area contributed by atoms with Crippen molar-refractivity contribution in [2.24, 2.45) is 5.92 Å². The van der Waals surface area contributed by atoms with Crippen molar-refractivity contribution in [3.63, 3.8) is 0 Å². The normalized spacial score (nSPS) is 13.9. The number of rotatable bonds is 20. The van der Waals surface area contributed by atoms with Gasteiger partial charge in [-0.3, -0.25) is 0 Å². The molecule has 0 aromatic heterocycles. The summed E-state index contributed by atoms with van der Waals surface area (Å²) >= 11 is 3.96. The van der Waals surface area contributed by atoms with Crippen LogP contribution in [0.5, 0.6) is 0 Å². The summed E-state index contributed by atoms with van der Waals surface area (Å²) in [7, 11) is 0. The molecular weight excluding hydrogens is 368 g/mol. The van der Waals surface area contributed by atoms with Gasteiger partial charge >= 0.3 is 0 Å². The topological polar surface area (TPSA) is 0 Å². The fourth-order valence-electron chi connectivity index (χ4n) is 3.72. The molecule has 1 heteroatoms. The van der Waals surface area contributed by atoms with Gasteiger partial charge in [-0.1, -0.05) is 146 Å². The van der Waals surface area contributed by atoms with Crippen LogP contribution in [0.4, 0.5) is 0 Å². The van der Waals surface area contributed by atoms with Crippen LogP contribution in [0.25, 0.3) is 0 Å². The lowest BCUT2D eigenvalue weighted by Gasteiger charge is -2.18. The molecular formula is C24H49Br. The molecule has 0 saturated carbocycles. The van der Waals surface area contributed by atoms with Crippen LogP contribution in [0.3, 0.4) is 0 Å². The zero-order valence-electron chi connectivity index (χ0n) is 18.0. The second kappa shape index (κ2) is 20.8. The van der Waals surface area contributed by atoms with E-state index < -0.39 is 0 Å². The van der Waals surface area contributed by atoms with Crippen molar-refractivity contribution in [2.75, 3.05) is 0 Å². The van der Waals surface area contributed by atoms with Crippen molar-refractivity contribution in [1.82, 2.24) is 0 Å². The zero-order valence-corrected chi connectivity index (χ0v) is 19.6. The number of alkyl halides is 1. The van der Waals surface area contributed by atoms with Crippen LogP contribution in [0.15, 0.2) is 0 Å². The predicted octanol–water partition coefficient (Wildman–Crippen LogP) is 9.84. The van der Waals surface area contributed by atoms with Crippen molar-refractivity contribution in [2.45, 2.75) is 148 Å². The van der Waals surface area contributed by atoms with Crippen molar-refractivity contribution in [1.29, 1.82) is 0 Å². The van der Waals surface area contributed by atoms with Gasteiger partial charge in [-0.25, -0.2) is 0 Å². The highest BCUT2D eigenvalue weighted by molar-refractivity contribution is 9.09. The van der Waals surface area contributed by atoms with Crippen molar-refractivity contribution in [3.05, 3.63) is 0 Å². The Balaban J connectivity index is 3.31. The molecule has 152 valence electrons. The van der Waals surface area contributed by atoms with Gasteiger partial charge in [0.05, 0.1) is 0 Å². The third kappa shape index (κ3) is 19.1. The molecule has 2 atom stereocenters. The average molecular weight is 418 g/mol. The third-order valence-corrected chi connectivity index (χ3v) is 7.07. The molecule has 0 nitrogen and oxygen atoms in total. The van der Waals surface area contributed by atoms with E-state index in [0.717, 1.165) is 10.7 Å². The van der Waals surface area contributed by atoms with Gasteiger partial charge in [-0.2, -0.15) is 0 Å². The molecule has 0 heterocycles. The first kappa shape index (κ1) is 25.5. The monoisotopic (exact) mass is 416 g/mol. The van der Waals surface area contributed by atoms with Gasteiger partial charge in [0.25, 0.3) is 0 Å². The molecule has 2 unspecified atom stereocenters. The minimum Gasteiger partial charge on any atom is -0.0888 e. The van der Waals surface area contributed by atoms with Crippen LogP contribution in [0, 0.1) is 5.92 Å². The molecule has 0 aliphatic heterocycles. The van der Waals surface area contributed by atoms with Gasteiger partial charge in [0.2, 0.25) is 0 Å². The maximum absolute atomic E-state index is 3.96. The first-order valence-electron chi connectivity index (χ1n) is 11.9. The molecule has 0 aliphatic rings. The summed E-state index contributed by atoms with van der Waals surface area (Å²) in [6.07, 6.45) is 27.3. The molecule has 0 bridgehead atoms. The highest BCUT2D eigenvalue weighted by atomic mass is 79.9. The smallest absolute Gasteiger partial charge is 0.0171 e. The summed E-state index contributed by atoms with van der Waals surface area (Å²) in [4.78, 5) is 0.752. The second-order valence-corrected chi connectivity index (χ2v) is 9.55. The molecule has 0 aromatic rings. The average Bonchev–Trinajstić information content (AvgIpc) is 2.62. The highest BCUT2D eigenvalue weighted by Gasteiger charge is 2.13. The zero-order chi connectivity index (χ0) is 18.6. The van der Waals surface area contributed by atoms with E-state index >= 15 is 0 Å². The maximum atomic E-state index is 3.96. The lowest BCUT2D eigenvalue weighted by Crippen LogP contribution is -2.10. The molecule has 0 aliphatic carbocycles. The summed E-state index contributed by atoms with van der Waals surface area (Å²) in [6.45, 7) is 7.05. The minimum atomic E-state index is 0.752. The molecule has 0 N–H and O–H groups in total. The van der Waals surface area contributed by atoms with Gasteiger partial charge < -0.3 is 0 Å². The van der Waals surface area contributed by atoms with Crippen molar-refractivity contribution < 1.29 is 0 Å². The summed E-state index contributed by atoms with van der Waals surface area (Å²) in [5, 5.41) is 0. The Hall–Kier alpha value is 0.480. The van der Waals surface area contributed by atoms with E-state index in [1.807, 2.05) is 0 Å². The molecule has 25 heavy (non-hydrogen) atoms. The lowest BCUT2D eigenvalue weighted by atomic mass is 9.95. The Morgan fingerprint density at radius 2 is 0.800 bits per heavy atom. The Morgan fingerprint density at radius 1 is 0.480 bits per heavy atom. The SMILES string of the molecule is CCCCCCCCCCCCC(C)C(Br)CCCCCCCCC. The van der Waals surface area contributed by atoms with Gasteiger partial charge in [0.15, 0.2) is 0 Å². The van der Waals surface area contributed by atoms with Crippen molar-refractivity contribution >= 4 is 15.9 Å². The van der Waals surface area contributed by atoms with E-state index in [1.54, 1.807) is 0 Å². The van der Waals surface area contributed by atoms with E-state index in [2.05, 4.69) is 36.7 Å². The van der Waals surface area contributed by atoms with E-state index in [1.165, 1.54) is 122 Å². The van der Waals surface area contributed by atoms with Gasteiger partial charge in [0.1, 0.15) is 0 Å². The standard InChI is InChI=1S/C24H49Br/c1-4-6-8-10-12-13-14-16-17-19-21-23(3)24(25)22-20-18-15-11-9-7-5-2/h23-24H,4-22H2,1-3H3. The first-order valence-corrected chi connectivity index (χ1v) is 12.8. The number of hydrogen-bond acceptors (Lipinski definition) is 0. The molecule has 0 radical (unpaired) electrons. The molecule has 0 spiro atoms. The third-order valence-electron chi connectivity index (χ3n) is 5.71. The van der Waals surface area contributed by atoms with Crippen molar-refractivity contribution in [3.8, 4) is 0 Å². The Morgan fingerprint density at radius 3 is 1.20 bits per heavy atom. The molecule has 0 aromatic carbocycles. The molecule has 0 rings (SSSR count). The van der Waals surface area contributed by atoms with Crippen LogP contribution < -0.4 is 0 Å². The number of halogens is 1. The Labute approximate surface area is 169 Å². The van der Waals surface area contributed by atoms with E-state index in [4.69, 9.17) is 0 Å². The Kier molecular flexibility index (Phi) is 21.2. The quantitative estimate of drug-likeness (QED) is 0.137. The van der Waals surface area contributed by atoms with E-state index in [0.29, 0.717) is 0 Å². The van der Waals surface area contributed by atoms with Crippen LogP contribution in [-0.4, -0.2) is 4.83 Å². The molecule has 0 saturated heterocycles. The largest absolute Gasteiger partial charge is 0.0888 e. The maximum Gasteiger partial charge on any atom is 0.0171 e. The highest BCUT2D eigenvalue weighted by Crippen LogP contribution is 2.25. The summed E-state index contributed by atoms with van der Waals surface area (Å²) in [6, 6.07) is 0. The lowest BCUT2D eigenvalue weighted by molar-refractivity contribution is 0.445.